The van der Waals surface area contributed by atoms with E-state index in [1.807, 2.05) is 6.07 Å². The quantitative estimate of drug-likeness (QED) is 0.671. The first-order valence-corrected chi connectivity index (χ1v) is 4.05. The molecular formula is C11H12O2. The smallest absolute Gasteiger partial charge is 0.123 e. The number of rotatable bonds is 3. The minimum Gasteiger partial charge on any atom is -0.393 e. The van der Waals surface area contributed by atoms with Crippen LogP contribution in [0.25, 0.3) is 0 Å². The van der Waals surface area contributed by atoms with Gasteiger partial charge in [-0.1, -0.05) is 30.3 Å². The van der Waals surface area contributed by atoms with E-state index in [2.05, 4.69) is 5.92 Å². The monoisotopic (exact) mass is 176 g/mol. The Balaban J connectivity index is 2.97. The highest BCUT2D eigenvalue weighted by Crippen LogP contribution is 2.23. The van der Waals surface area contributed by atoms with Gasteiger partial charge in [-0.05, 0) is 5.56 Å². The van der Waals surface area contributed by atoms with Gasteiger partial charge in [-0.15, -0.1) is 12.3 Å². The van der Waals surface area contributed by atoms with Gasteiger partial charge in [0.05, 0.1) is 6.61 Å². The van der Waals surface area contributed by atoms with E-state index in [1.54, 1.807) is 24.3 Å². The zero-order valence-electron chi connectivity index (χ0n) is 7.27. The van der Waals surface area contributed by atoms with Crippen LogP contribution < -0.4 is 0 Å². The summed E-state index contributed by atoms with van der Waals surface area (Å²) in [5, 5.41) is 18.9. The van der Waals surface area contributed by atoms with Crippen LogP contribution in [0.5, 0.6) is 0 Å². The number of benzene rings is 1. The van der Waals surface area contributed by atoms with Gasteiger partial charge in [-0.3, -0.25) is 0 Å². The Morgan fingerprint density at radius 3 is 2.38 bits per heavy atom. The first-order valence-electron chi connectivity index (χ1n) is 4.05. The standard InChI is InChI=1S/C11H12O2/c1-2-8-11(13,9-12)10-6-4-3-5-7-10/h1,3-7,12-13H,8-9H2. The SMILES string of the molecule is C#CCC(O)(CO)c1ccccc1. The molecule has 2 nitrogen and oxygen atoms in total. The first kappa shape index (κ1) is 9.79. The highest BCUT2D eigenvalue weighted by molar-refractivity contribution is 5.24. The van der Waals surface area contributed by atoms with Gasteiger partial charge < -0.3 is 10.2 Å². The van der Waals surface area contributed by atoms with E-state index in [4.69, 9.17) is 11.5 Å². The van der Waals surface area contributed by atoms with Gasteiger partial charge in [-0.2, -0.15) is 0 Å². The first-order chi connectivity index (χ1) is 6.23. The Morgan fingerprint density at radius 1 is 1.31 bits per heavy atom. The molecule has 0 saturated heterocycles. The normalized spacial score (nSPS) is 14.5. The molecule has 0 amide bonds. The Bertz CT molecular complexity index is 300. The topological polar surface area (TPSA) is 40.5 Å². The van der Waals surface area contributed by atoms with Crippen molar-refractivity contribution < 1.29 is 10.2 Å². The van der Waals surface area contributed by atoms with Crippen LogP contribution in [0, 0.1) is 12.3 Å². The third-order valence-electron chi connectivity index (χ3n) is 1.97. The predicted molar refractivity (Wildman–Crippen MR) is 50.9 cm³/mol. The van der Waals surface area contributed by atoms with Crippen LogP contribution in [0.1, 0.15) is 12.0 Å². The third-order valence-corrected chi connectivity index (χ3v) is 1.97. The minimum absolute atomic E-state index is 0.119. The predicted octanol–water partition coefficient (Wildman–Crippen LogP) is 0.890. The molecular weight excluding hydrogens is 164 g/mol. The number of hydrogen-bond acceptors (Lipinski definition) is 2. The summed E-state index contributed by atoms with van der Waals surface area (Å²) in [6, 6.07) is 8.93. The number of aliphatic hydroxyl groups is 2. The highest BCUT2D eigenvalue weighted by Gasteiger charge is 2.26. The van der Waals surface area contributed by atoms with E-state index in [-0.39, 0.29) is 13.0 Å². The molecule has 13 heavy (non-hydrogen) atoms. The van der Waals surface area contributed by atoms with E-state index in [0.29, 0.717) is 5.56 Å². The molecule has 0 aliphatic heterocycles. The molecule has 0 bridgehead atoms. The Morgan fingerprint density at radius 2 is 1.92 bits per heavy atom. The summed E-state index contributed by atoms with van der Waals surface area (Å²) >= 11 is 0. The molecule has 0 radical (unpaired) electrons. The van der Waals surface area contributed by atoms with E-state index in [9.17, 15) is 5.11 Å². The van der Waals surface area contributed by atoms with Gasteiger partial charge in [0.25, 0.3) is 0 Å². The van der Waals surface area contributed by atoms with Gasteiger partial charge in [-0.25, -0.2) is 0 Å². The second-order valence-electron chi connectivity index (χ2n) is 2.94. The molecule has 0 saturated carbocycles. The summed E-state index contributed by atoms with van der Waals surface area (Å²) in [6.07, 6.45) is 5.22. The highest BCUT2D eigenvalue weighted by atomic mass is 16.3. The number of aliphatic hydroxyl groups excluding tert-OH is 1. The number of terminal acetylenes is 1. The molecule has 0 spiro atoms. The van der Waals surface area contributed by atoms with Gasteiger partial charge in [0, 0.05) is 6.42 Å². The molecule has 0 fully saturated rings. The zero-order chi connectivity index (χ0) is 9.73. The number of hydrogen-bond donors (Lipinski definition) is 2. The summed E-state index contributed by atoms with van der Waals surface area (Å²) in [4.78, 5) is 0. The second kappa shape index (κ2) is 4.08. The van der Waals surface area contributed by atoms with Crippen molar-refractivity contribution in [3.05, 3.63) is 35.9 Å². The van der Waals surface area contributed by atoms with Crippen LogP contribution in [0.3, 0.4) is 0 Å². The molecule has 2 heteroatoms. The minimum atomic E-state index is -1.30. The zero-order valence-corrected chi connectivity index (χ0v) is 7.27. The van der Waals surface area contributed by atoms with Crippen molar-refractivity contribution in [3.8, 4) is 12.3 Å². The molecule has 1 atom stereocenters. The fraction of sp³-hybridized carbons (Fsp3) is 0.273. The molecule has 2 N–H and O–H groups in total. The lowest BCUT2D eigenvalue weighted by atomic mass is 9.92. The van der Waals surface area contributed by atoms with Crippen LogP contribution >= 0.6 is 0 Å². The van der Waals surface area contributed by atoms with Crippen LogP contribution in [-0.2, 0) is 5.60 Å². The molecule has 1 aromatic rings. The summed E-state index contributed by atoms with van der Waals surface area (Å²) in [6.45, 7) is -0.360. The van der Waals surface area contributed by atoms with Crippen molar-refractivity contribution >= 4 is 0 Å². The van der Waals surface area contributed by atoms with Crippen LogP contribution in [0.2, 0.25) is 0 Å². The summed E-state index contributed by atoms with van der Waals surface area (Å²) in [7, 11) is 0. The Hall–Kier alpha value is -1.30. The van der Waals surface area contributed by atoms with Crippen LogP contribution in [0.15, 0.2) is 30.3 Å². The Kier molecular flexibility index (Phi) is 3.07. The van der Waals surface area contributed by atoms with E-state index in [0.717, 1.165) is 0 Å². The van der Waals surface area contributed by atoms with Gasteiger partial charge in [0.15, 0.2) is 0 Å². The third kappa shape index (κ3) is 2.09. The molecule has 0 heterocycles. The van der Waals surface area contributed by atoms with Gasteiger partial charge in [0.1, 0.15) is 5.60 Å². The second-order valence-corrected chi connectivity index (χ2v) is 2.94. The van der Waals surface area contributed by atoms with Crippen molar-refractivity contribution in [2.75, 3.05) is 6.61 Å². The molecule has 0 aliphatic rings. The molecule has 1 aromatic carbocycles. The average molecular weight is 176 g/mol. The van der Waals surface area contributed by atoms with Gasteiger partial charge >= 0.3 is 0 Å². The fourth-order valence-electron chi connectivity index (χ4n) is 1.17. The maximum atomic E-state index is 9.90. The molecule has 1 unspecified atom stereocenters. The fourth-order valence-corrected chi connectivity index (χ4v) is 1.17. The van der Waals surface area contributed by atoms with E-state index in [1.165, 1.54) is 0 Å². The van der Waals surface area contributed by atoms with E-state index >= 15 is 0 Å². The van der Waals surface area contributed by atoms with Crippen LogP contribution in [-0.4, -0.2) is 16.8 Å². The maximum Gasteiger partial charge on any atom is 0.123 e. The van der Waals surface area contributed by atoms with Crippen molar-refractivity contribution in [3.63, 3.8) is 0 Å². The lowest BCUT2D eigenvalue weighted by Crippen LogP contribution is -2.29. The average Bonchev–Trinajstić information content (AvgIpc) is 2.19. The lowest BCUT2D eigenvalue weighted by molar-refractivity contribution is -0.0146. The lowest BCUT2D eigenvalue weighted by Gasteiger charge is -2.23. The molecule has 1 rings (SSSR count). The Labute approximate surface area is 77.8 Å². The maximum absolute atomic E-state index is 9.90. The largest absolute Gasteiger partial charge is 0.393 e. The van der Waals surface area contributed by atoms with E-state index < -0.39 is 5.60 Å². The van der Waals surface area contributed by atoms with Crippen molar-refractivity contribution in [2.45, 2.75) is 12.0 Å². The molecule has 0 aromatic heterocycles. The van der Waals surface area contributed by atoms with Crippen LogP contribution in [0.4, 0.5) is 0 Å². The molecule has 0 aliphatic carbocycles. The summed E-state index contributed by atoms with van der Waals surface area (Å²) < 4.78 is 0. The van der Waals surface area contributed by atoms with Crippen molar-refractivity contribution in [1.82, 2.24) is 0 Å². The van der Waals surface area contributed by atoms with Crippen molar-refractivity contribution in [1.29, 1.82) is 0 Å². The van der Waals surface area contributed by atoms with Gasteiger partial charge in [0.2, 0.25) is 0 Å². The summed E-state index contributed by atoms with van der Waals surface area (Å²) in [5.41, 5.74) is -0.647. The summed E-state index contributed by atoms with van der Waals surface area (Å²) in [5.74, 6) is 2.35. The molecule has 68 valence electrons. The van der Waals surface area contributed by atoms with Crippen molar-refractivity contribution in [2.24, 2.45) is 0 Å².